The van der Waals surface area contributed by atoms with E-state index in [1.807, 2.05) is 0 Å². The van der Waals surface area contributed by atoms with Crippen molar-refractivity contribution in [3.05, 3.63) is 114 Å². The number of hydrogen-bond acceptors (Lipinski definition) is 6. The van der Waals surface area contributed by atoms with Crippen LogP contribution in [0, 0.1) is 5.82 Å². The fraction of sp³-hybridized carbons (Fsp3) is 0.148. The van der Waals surface area contributed by atoms with E-state index >= 15 is 0 Å². The number of carbonyl (C=O) groups excluding carboxylic acids is 3. The molecule has 2 unspecified atom stereocenters. The number of amides is 3. The Morgan fingerprint density at radius 1 is 0.946 bits per heavy atom. The molecule has 0 saturated carbocycles. The largest absolute Gasteiger partial charge is 0.467 e. The molecule has 0 spiro atoms. The smallest absolute Gasteiger partial charge is 0.411 e. The number of furan rings is 2. The number of rotatable bonds is 8. The predicted molar refractivity (Wildman–Crippen MR) is 129 cm³/mol. The number of benzene rings is 2. The van der Waals surface area contributed by atoms with Crippen molar-refractivity contribution in [2.24, 2.45) is 0 Å². The van der Waals surface area contributed by atoms with E-state index in [9.17, 15) is 18.8 Å². The first-order valence-corrected chi connectivity index (χ1v) is 11.4. The van der Waals surface area contributed by atoms with E-state index in [0.29, 0.717) is 22.6 Å². The molecule has 1 aliphatic heterocycles. The van der Waals surface area contributed by atoms with Crippen LogP contribution in [0.3, 0.4) is 0 Å². The Morgan fingerprint density at radius 3 is 2.43 bits per heavy atom. The van der Waals surface area contributed by atoms with Crippen molar-refractivity contribution in [2.45, 2.75) is 25.2 Å². The number of ether oxygens (including phenoxy) is 1. The van der Waals surface area contributed by atoms with Gasteiger partial charge in [0.25, 0.3) is 5.91 Å². The van der Waals surface area contributed by atoms with Gasteiger partial charge in [-0.2, -0.15) is 0 Å². The molecule has 3 heterocycles. The Kier molecular flexibility index (Phi) is 6.71. The van der Waals surface area contributed by atoms with Crippen LogP contribution in [0.25, 0.3) is 0 Å². The summed E-state index contributed by atoms with van der Waals surface area (Å²) < 4.78 is 29.8. The molecule has 37 heavy (non-hydrogen) atoms. The Hall–Kier alpha value is -4.86. The third-order valence-electron chi connectivity index (χ3n) is 5.85. The zero-order valence-corrected chi connectivity index (χ0v) is 19.4. The second-order valence-electron chi connectivity index (χ2n) is 8.36. The maximum atomic E-state index is 13.8. The van der Waals surface area contributed by atoms with Crippen molar-refractivity contribution < 1.29 is 32.3 Å². The summed E-state index contributed by atoms with van der Waals surface area (Å²) in [6.45, 7) is 0.0953. The Balaban J connectivity index is 1.37. The van der Waals surface area contributed by atoms with Crippen molar-refractivity contribution in [2.75, 3.05) is 5.32 Å². The first kappa shape index (κ1) is 23.9. The fourth-order valence-electron chi connectivity index (χ4n) is 4.09. The Morgan fingerprint density at radius 2 is 1.73 bits per heavy atom. The maximum Gasteiger partial charge on any atom is 0.411 e. The van der Waals surface area contributed by atoms with Crippen LogP contribution in [-0.2, 0) is 22.6 Å². The minimum atomic E-state index is -1.03. The standard InChI is InChI=1S/C27H22FN3O6/c28-19-5-1-4-17(14-19)16-31-23(26(33)29-15-21-6-2-12-35-21)24(37-27(31)34)18-8-10-20(11-9-18)30-25(32)22-7-3-13-36-22/h1-14,23-24H,15-16H2,(H,29,33)(H,30,32). The number of nitrogens with zero attached hydrogens (tertiary/aromatic N) is 1. The molecule has 3 amide bonds. The normalized spacial score (nSPS) is 16.9. The van der Waals surface area contributed by atoms with Gasteiger partial charge in [0, 0.05) is 5.69 Å². The summed E-state index contributed by atoms with van der Waals surface area (Å²) in [5.74, 6) is -0.619. The average Bonchev–Trinajstić information content (AvgIpc) is 3.66. The second-order valence-corrected chi connectivity index (χ2v) is 8.36. The highest BCUT2D eigenvalue weighted by Gasteiger charge is 2.47. The maximum absolute atomic E-state index is 13.8. The highest BCUT2D eigenvalue weighted by atomic mass is 19.1. The van der Waals surface area contributed by atoms with Crippen molar-refractivity contribution in [1.82, 2.24) is 10.2 Å². The lowest BCUT2D eigenvalue weighted by Gasteiger charge is -2.24. The molecule has 1 fully saturated rings. The fourth-order valence-corrected chi connectivity index (χ4v) is 4.09. The highest BCUT2D eigenvalue weighted by Crippen LogP contribution is 2.34. The van der Waals surface area contributed by atoms with Gasteiger partial charge in [0.15, 0.2) is 17.9 Å². The lowest BCUT2D eigenvalue weighted by molar-refractivity contribution is -0.126. The molecule has 1 saturated heterocycles. The lowest BCUT2D eigenvalue weighted by Crippen LogP contribution is -2.46. The molecule has 5 rings (SSSR count). The summed E-state index contributed by atoms with van der Waals surface area (Å²) >= 11 is 0. The Bertz CT molecular complexity index is 1390. The summed E-state index contributed by atoms with van der Waals surface area (Å²) in [7, 11) is 0. The molecule has 2 aromatic carbocycles. The van der Waals surface area contributed by atoms with Crippen LogP contribution in [0.4, 0.5) is 14.9 Å². The van der Waals surface area contributed by atoms with E-state index in [2.05, 4.69) is 10.6 Å². The summed E-state index contributed by atoms with van der Waals surface area (Å²) in [5.41, 5.74) is 1.55. The van der Waals surface area contributed by atoms with Crippen molar-refractivity contribution in [1.29, 1.82) is 0 Å². The third-order valence-corrected chi connectivity index (χ3v) is 5.85. The number of nitrogens with one attached hydrogen (secondary N) is 2. The third kappa shape index (κ3) is 5.37. The molecule has 0 radical (unpaired) electrons. The number of anilines is 1. The van der Waals surface area contributed by atoms with Gasteiger partial charge >= 0.3 is 6.09 Å². The van der Waals surface area contributed by atoms with Crippen LogP contribution in [-0.4, -0.2) is 28.8 Å². The summed E-state index contributed by atoms with van der Waals surface area (Å²) in [5, 5.41) is 5.49. The first-order valence-electron chi connectivity index (χ1n) is 11.4. The molecule has 2 atom stereocenters. The number of cyclic esters (lactones) is 1. The zero-order chi connectivity index (χ0) is 25.8. The molecule has 10 heteroatoms. The summed E-state index contributed by atoms with van der Waals surface area (Å²) in [6, 6.07) is 17.9. The SMILES string of the molecule is O=C(Nc1ccc(C2OC(=O)N(Cc3cccc(F)c3)C2C(=O)NCc2ccco2)cc1)c1ccco1. The second kappa shape index (κ2) is 10.4. The molecule has 188 valence electrons. The van der Waals surface area contributed by atoms with E-state index in [1.54, 1.807) is 54.6 Å². The lowest BCUT2D eigenvalue weighted by atomic mass is 10.00. The van der Waals surface area contributed by atoms with E-state index in [4.69, 9.17) is 13.6 Å². The molecule has 2 N–H and O–H groups in total. The van der Waals surface area contributed by atoms with Crippen LogP contribution in [0.5, 0.6) is 0 Å². The highest BCUT2D eigenvalue weighted by molar-refractivity contribution is 6.02. The van der Waals surface area contributed by atoms with Crippen LogP contribution in [0.15, 0.2) is 94.2 Å². The minimum absolute atomic E-state index is 0.0246. The van der Waals surface area contributed by atoms with Gasteiger partial charge < -0.3 is 24.2 Å². The van der Waals surface area contributed by atoms with Crippen molar-refractivity contribution >= 4 is 23.6 Å². The van der Waals surface area contributed by atoms with Gasteiger partial charge in [-0.25, -0.2) is 9.18 Å². The monoisotopic (exact) mass is 503 g/mol. The number of carbonyl (C=O) groups is 3. The van der Waals surface area contributed by atoms with Gasteiger partial charge in [0.05, 0.1) is 25.6 Å². The quantitative estimate of drug-likeness (QED) is 0.362. The Labute approximate surface area is 210 Å². The van der Waals surface area contributed by atoms with E-state index in [1.165, 1.54) is 35.6 Å². The van der Waals surface area contributed by atoms with Gasteiger partial charge in [-0.3, -0.25) is 14.5 Å². The molecule has 0 bridgehead atoms. The van der Waals surface area contributed by atoms with Crippen molar-refractivity contribution in [3.63, 3.8) is 0 Å². The molecule has 1 aliphatic rings. The van der Waals surface area contributed by atoms with Crippen LogP contribution >= 0.6 is 0 Å². The van der Waals surface area contributed by atoms with Gasteiger partial charge in [-0.05, 0) is 59.7 Å². The van der Waals surface area contributed by atoms with Crippen LogP contribution < -0.4 is 10.6 Å². The van der Waals surface area contributed by atoms with Gasteiger partial charge in [-0.1, -0.05) is 24.3 Å². The predicted octanol–water partition coefficient (Wildman–Crippen LogP) is 4.64. The first-order chi connectivity index (χ1) is 18.0. The number of hydrogen-bond donors (Lipinski definition) is 2. The molecule has 2 aromatic heterocycles. The van der Waals surface area contributed by atoms with Gasteiger partial charge in [0.2, 0.25) is 5.91 Å². The minimum Gasteiger partial charge on any atom is -0.467 e. The molecule has 4 aromatic rings. The topological polar surface area (TPSA) is 114 Å². The van der Waals surface area contributed by atoms with Crippen molar-refractivity contribution in [3.8, 4) is 0 Å². The van der Waals surface area contributed by atoms with Gasteiger partial charge in [0.1, 0.15) is 11.6 Å². The molecule has 0 aliphatic carbocycles. The zero-order valence-electron chi connectivity index (χ0n) is 19.4. The van der Waals surface area contributed by atoms with E-state index < -0.39 is 35.9 Å². The van der Waals surface area contributed by atoms with Gasteiger partial charge in [-0.15, -0.1) is 0 Å². The molecule has 9 nitrogen and oxygen atoms in total. The summed E-state index contributed by atoms with van der Waals surface area (Å²) in [4.78, 5) is 39.7. The molecular formula is C27H22FN3O6. The average molecular weight is 503 g/mol. The van der Waals surface area contributed by atoms with E-state index in [0.717, 1.165) is 0 Å². The summed E-state index contributed by atoms with van der Waals surface area (Å²) in [6.07, 6.45) is 1.25. The molecular weight excluding hydrogens is 481 g/mol. The number of halogens is 1. The van der Waals surface area contributed by atoms with E-state index in [-0.39, 0.29) is 18.8 Å². The van der Waals surface area contributed by atoms with Crippen LogP contribution in [0.2, 0.25) is 0 Å². The van der Waals surface area contributed by atoms with Crippen LogP contribution in [0.1, 0.15) is 33.5 Å².